The highest BCUT2D eigenvalue weighted by atomic mass is 16.3. The van der Waals surface area contributed by atoms with Gasteiger partial charge in [-0.05, 0) is 39.2 Å². The molecule has 1 N–H and O–H groups in total. The van der Waals surface area contributed by atoms with Gasteiger partial charge < -0.3 is 14.6 Å². The van der Waals surface area contributed by atoms with E-state index < -0.39 is 0 Å². The van der Waals surface area contributed by atoms with E-state index in [1.807, 2.05) is 13.8 Å². The second-order valence-corrected chi connectivity index (χ2v) is 7.65. The molecule has 2 aromatic heterocycles. The summed E-state index contributed by atoms with van der Waals surface area (Å²) in [6.45, 7) is 8.15. The smallest absolute Gasteiger partial charge is 0.231 e. The third kappa shape index (κ3) is 3.59. The third-order valence-corrected chi connectivity index (χ3v) is 5.62. The molecule has 6 nitrogen and oxygen atoms in total. The van der Waals surface area contributed by atoms with Gasteiger partial charge in [0.1, 0.15) is 17.9 Å². The molecule has 0 spiro atoms. The number of hydrogen-bond acceptors (Lipinski definition) is 5. The number of amides is 1. The molecule has 6 heteroatoms. The lowest BCUT2D eigenvalue weighted by Crippen LogP contribution is -2.43. The standard InChI is InChI=1S/C22H26N4O2/c1-14-6-8-17(9-7-14)11-23-21(27)18-5-4-10-26(12-18)20-19-15(2)16(3)28-22(19)25-13-24-20/h6-9,13,18H,4-5,10-12H2,1-3H3,(H,23,27)/t18-/m1/s1. The van der Waals surface area contributed by atoms with Crippen LogP contribution < -0.4 is 10.2 Å². The number of fused-ring (bicyclic) bond motifs is 1. The fraction of sp³-hybridized carbons (Fsp3) is 0.409. The second-order valence-electron chi connectivity index (χ2n) is 7.65. The zero-order chi connectivity index (χ0) is 19.7. The van der Waals surface area contributed by atoms with E-state index >= 15 is 0 Å². The van der Waals surface area contributed by atoms with Gasteiger partial charge in [0, 0.05) is 25.2 Å². The summed E-state index contributed by atoms with van der Waals surface area (Å²) in [7, 11) is 0. The van der Waals surface area contributed by atoms with Gasteiger partial charge in [0.25, 0.3) is 0 Å². The van der Waals surface area contributed by atoms with E-state index in [1.54, 1.807) is 6.33 Å². The Hall–Kier alpha value is -2.89. The number of aromatic nitrogens is 2. The summed E-state index contributed by atoms with van der Waals surface area (Å²) < 4.78 is 5.74. The monoisotopic (exact) mass is 378 g/mol. The van der Waals surface area contributed by atoms with E-state index in [-0.39, 0.29) is 11.8 Å². The highest BCUT2D eigenvalue weighted by molar-refractivity contribution is 5.90. The quantitative estimate of drug-likeness (QED) is 0.750. The lowest BCUT2D eigenvalue weighted by atomic mass is 9.96. The summed E-state index contributed by atoms with van der Waals surface area (Å²) in [5.41, 5.74) is 4.02. The molecular formula is C22H26N4O2. The van der Waals surface area contributed by atoms with Gasteiger partial charge in [0.2, 0.25) is 11.6 Å². The minimum Gasteiger partial charge on any atom is -0.443 e. The van der Waals surface area contributed by atoms with Crippen molar-refractivity contribution in [2.75, 3.05) is 18.0 Å². The summed E-state index contributed by atoms with van der Waals surface area (Å²) in [4.78, 5) is 23.7. The summed E-state index contributed by atoms with van der Waals surface area (Å²) in [5.74, 6) is 1.80. The SMILES string of the molecule is Cc1ccc(CNC(=O)[C@@H]2CCCN(c3ncnc4oc(C)c(C)c34)C2)cc1. The number of furan rings is 1. The second kappa shape index (κ2) is 7.62. The molecule has 0 saturated carbocycles. The summed E-state index contributed by atoms with van der Waals surface area (Å²) >= 11 is 0. The summed E-state index contributed by atoms with van der Waals surface area (Å²) in [6.07, 6.45) is 3.40. The molecule has 1 amide bonds. The van der Waals surface area contributed by atoms with Crippen LogP contribution >= 0.6 is 0 Å². The Morgan fingerprint density at radius 2 is 2.00 bits per heavy atom. The molecule has 1 aromatic carbocycles. The zero-order valence-electron chi connectivity index (χ0n) is 16.7. The Labute approximate surface area is 165 Å². The molecule has 1 atom stereocenters. The molecule has 0 radical (unpaired) electrons. The highest BCUT2D eigenvalue weighted by Crippen LogP contribution is 2.32. The number of carbonyl (C=O) groups excluding carboxylic acids is 1. The number of hydrogen-bond donors (Lipinski definition) is 1. The van der Waals surface area contributed by atoms with Crippen molar-refractivity contribution < 1.29 is 9.21 Å². The first-order chi connectivity index (χ1) is 13.5. The average Bonchev–Trinajstić information content (AvgIpc) is 3.01. The van der Waals surface area contributed by atoms with Crippen LogP contribution in [0.25, 0.3) is 11.1 Å². The Morgan fingerprint density at radius 3 is 2.79 bits per heavy atom. The zero-order valence-corrected chi connectivity index (χ0v) is 16.7. The number of rotatable bonds is 4. The molecule has 146 valence electrons. The molecule has 0 bridgehead atoms. The molecule has 0 unspecified atom stereocenters. The number of nitrogens with one attached hydrogen (secondary N) is 1. The van der Waals surface area contributed by atoms with Crippen molar-refractivity contribution in [3.05, 3.63) is 53.0 Å². The number of carbonyl (C=O) groups is 1. The van der Waals surface area contributed by atoms with Gasteiger partial charge in [-0.3, -0.25) is 4.79 Å². The lowest BCUT2D eigenvalue weighted by Gasteiger charge is -2.33. The molecule has 1 aliphatic rings. The Bertz CT molecular complexity index is 994. The van der Waals surface area contributed by atoms with Crippen molar-refractivity contribution in [1.29, 1.82) is 0 Å². The molecule has 0 aliphatic carbocycles. The first-order valence-electron chi connectivity index (χ1n) is 9.82. The maximum absolute atomic E-state index is 12.8. The number of anilines is 1. The first kappa shape index (κ1) is 18.5. The first-order valence-corrected chi connectivity index (χ1v) is 9.82. The van der Waals surface area contributed by atoms with Crippen molar-refractivity contribution in [2.24, 2.45) is 5.92 Å². The molecule has 3 heterocycles. The lowest BCUT2D eigenvalue weighted by molar-refractivity contribution is -0.125. The largest absolute Gasteiger partial charge is 0.443 e. The van der Waals surface area contributed by atoms with Crippen LogP contribution in [0.4, 0.5) is 5.82 Å². The maximum atomic E-state index is 12.8. The van der Waals surface area contributed by atoms with Crippen molar-refractivity contribution in [3.63, 3.8) is 0 Å². The maximum Gasteiger partial charge on any atom is 0.231 e. The summed E-state index contributed by atoms with van der Waals surface area (Å²) in [5, 5.41) is 4.05. The third-order valence-electron chi connectivity index (χ3n) is 5.62. The van der Waals surface area contributed by atoms with Gasteiger partial charge in [-0.25, -0.2) is 9.97 Å². The minimum atomic E-state index is -0.0440. The van der Waals surface area contributed by atoms with Crippen molar-refractivity contribution in [3.8, 4) is 0 Å². The van der Waals surface area contributed by atoms with Crippen LogP contribution in [0.2, 0.25) is 0 Å². The fourth-order valence-electron chi connectivity index (χ4n) is 3.83. The molecule has 1 saturated heterocycles. The van der Waals surface area contributed by atoms with Crippen molar-refractivity contribution >= 4 is 22.8 Å². The predicted molar refractivity (Wildman–Crippen MR) is 109 cm³/mol. The van der Waals surface area contributed by atoms with Gasteiger partial charge >= 0.3 is 0 Å². The normalized spacial score (nSPS) is 17.1. The minimum absolute atomic E-state index is 0.0440. The van der Waals surface area contributed by atoms with Crippen LogP contribution in [0.3, 0.4) is 0 Å². The van der Waals surface area contributed by atoms with E-state index in [1.165, 1.54) is 5.56 Å². The van der Waals surface area contributed by atoms with E-state index in [2.05, 4.69) is 51.4 Å². The van der Waals surface area contributed by atoms with Crippen molar-refractivity contribution in [1.82, 2.24) is 15.3 Å². The van der Waals surface area contributed by atoms with Crippen molar-refractivity contribution in [2.45, 2.75) is 40.2 Å². The van der Waals surface area contributed by atoms with Crippen LogP contribution in [-0.4, -0.2) is 29.0 Å². The number of nitrogens with zero attached hydrogens (tertiary/aromatic N) is 3. The van der Waals surface area contributed by atoms with Crippen LogP contribution in [0.1, 0.15) is 35.3 Å². The Balaban J connectivity index is 1.47. The number of benzene rings is 1. The fourth-order valence-corrected chi connectivity index (χ4v) is 3.83. The summed E-state index contributed by atoms with van der Waals surface area (Å²) in [6, 6.07) is 8.26. The van der Waals surface area contributed by atoms with Gasteiger partial charge in [0.05, 0.1) is 11.3 Å². The highest BCUT2D eigenvalue weighted by Gasteiger charge is 2.28. The molecular weight excluding hydrogens is 352 g/mol. The van der Waals surface area contributed by atoms with Crippen LogP contribution in [0, 0.1) is 26.7 Å². The molecule has 1 fully saturated rings. The molecule has 1 aliphatic heterocycles. The average molecular weight is 378 g/mol. The van der Waals surface area contributed by atoms with Gasteiger partial charge in [0.15, 0.2) is 0 Å². The van der Waals surface area contributed by atoms with Crippen LogP contribution in [0.5, 0.6) is 0 Å². The predicted octanol–water partition coefficient (Wildman–Crippen LogP) is 3.68. The Kier molecular flexibility index (Phi) is 5.03. The number of piperidine rings is 1. The molecule has 3 aromatic rings. The van der Waals surface area contributed by atoms with E-state index in [0.29, 0.717) is 18.8 Å². The van der Waals surface area contributed by atoms with Crippen LogP contribution in [0.15, 0.2) is 35.0 Å². The van der Waals surface area contributed by atoms with Crippen LogP contribution in [-0.2, 0) is 11.3 Å². The molecule has 4 rings (SSSR count). The van der Waals surface area contributed by atoms with E-state index in [4.69, 9.17) is 4.42 Å². The van der Waals surface area contributed by atoms with Gasteiger partial charge in [-0.15, -0.1) is 0 Å². The Morgan fingerprint density at radius 1 is 1.21 bits per heavy atom. The van der Waals surface area contributed by atoms with Gasteiger partial charge in [-0.2, -0.15) is 0 Å². The molecule has 28 heavy (non-hydrogen) atoms. The van der Waals surface area contributed by atoms with E-state index in [0.717, 1.165) is 47.5 Å². The van der Waals surface area contributed by atoms with E-state index in [9.17, 15) is 4.79 Å². The van der Waals surface area contributed by atoms with Gasteiger partial charge in [-0.1, -0.05) is 29.8 Å². The topological polar surface area (TPSA) is 71.3 Å². The number of aryl methyl sites for hydroxylation is 3.